The Bertz CT molecular complexity index is 1610. The van der Waals surface area contributed by atoms with E-state index >= 15 is 0 Å². The number of aromatic nitrogens is 5. The van der Waals surface area contributed by atoms with Gasteiger partial charge in [-0.2, -0.15) is 5.10 Å². The molecule has 36 heavy (non-hydrogen) atoms. The van der Waals surface area contributed by atoms with Crippen LogP contribution in [0.1, 0.15) is 17.5 Å². The molecule has 0 aliphatic rings. The second-order valence-electron chi connectivity index (χ2n) is 7.97. The van der Waals surface area contributed by atoms with Crippen molar-refractivity contribution in [3.8, 4) is 34.1 Å². The van der Waals surface area contributed by atoms with Gasteiger partial charge >= 0.3 is 0 Å². The highest BCUT2D eigenvalue weighted by Gasteiger charge is 2.17. The fourth-order valence-corrected chi connectivity index (χ4v) is 4.71. The molecule has 0 aliphatic heterocycles. The highest BCUT2D eigenvalue weighted by atomic mass is 32.1. The average Bonchev–Trinajstić information content (AvgIpc) is 3.60. The lowest BCUT2D eigenvalue weighted by molar-refractivity contribution is 0.307. The number of halogens is 1. The maximum Gasteiger partial charge on any atom is 0.212 e. The van der Waals surface area contributed by atoms with Crippen LogP contribution in [0.3, 0.4) is 0 Å². The van der Waals surface area contributed by atoms with E-state index in [-0.39, 0.29) is 4.70 Å². The molecule has 0 unspecified atom stereocenters. The summed E-state index contributed by atoms with van der Waals surface area (Å²) in [6.07, 6.45) is 7.89. The fraction of sp³-hybridized carbons (Fsp3) is 0.154. The molecule has 0 aliphatic carbocycles. The molecule has 0 radical (unpaired) electrons. The number of hydrogen-bond donors (Lipinski definition) is 0. The Morgan fingerprint density at radius 1 is 1.06 bits per heavy atom. The van der Waals surface area contributed by atoms with E-state index < -0.39 is 0 Å². The van der Waals surface area contributed by atoms with Crippen molar-refractivity contribution in [3.63, 3.8) is 0 Å². The summed E-state index contributed by atoms with van der Waals surface area (Å²) in [6.45, 7) is 2.47. The summed E-state index contributed by atoms with van der Waals surface area (Å²) in [5.74, 6) is 1.99. The minimum absolute atomic E-state index is 0. The average molecular weight is 504 g/mol. The minimum atomic E-state index is 0. The third-order valence-corrected chi connectivity index (χ3v) is 6.73. The number of rotatable bonds is 7. The van der Waals surface area contributed by atoms with Crippen molar-refractivity contribution in [1.82, 2.24) is 24.6 Å². The SMILES string of the molecule is CCc1nn2cc(-c3cc4c(OCc5cccc(-c6cncnc6)c5)cc(OC)cc4o3)nc2s1.F. The second-order valence-corrected chi connectivity index (χ2v) is 9.01. The number of aryl methyl sites for hydroxylation is 1. The predicted molar refractivity (Wildman–Crippen MR) is 136 cm³/mol. The van der Waals surface area contributed by atoms with Crippen molar-refractivity contribution in [2.75, 3.05) is 7.11 Å². The smallest absolute Gasteiger partial charge is 0.212 e. The number of hydrogen-bond acceptors (Lipinski definition) is 8. The van der Waals surface area contributed by atoms with Crippen molar-refractivity contribution in [3.05, 3.63) is 78.0 Å². The molecule has 0 bridgehead atoms. The van der Waals surface area contributed by atoms with Crippen LogP contribution in [-0.4, -0.2) is 31.7 Å². The van der Waals surface area contributed by atoms with E-state index in [2.05, 4.69) is 28.1 Å². The lowest BCUT2D eigenvalue weighted by Gasteiger charge is -2.10. The summed E-state index contributed by atoms with van der Waals surface area (Å²) in [5, 5.41) is 6.45. The zero-order chi connectivity index (χ0) is 23.8. The van der Waals surface area contributed by atoms with E-state index in [0.717, 1.165) is 44.2 Å². The standard InChI is InChI=1S/C26H21N5O3S.FH/c1-3-25-30-31-13-21(29-26(31)35-25)24-10-20-22(8-19(32-2)9-23(20)34-24)33-14-16-5-4-6-17(7-16)18-11-27-15-28-12-18;/h4-13,15H,3,14H2,1-2H3;1H. The highest BCUT2D eigenvalue weighted by Crippen LogP contribution is 2.37. The molecule has 4 aromatic heterocycles. The molecule has 0 spiro atoms. The lowest BCUT2D eigenvalue weighted by atomic mass is 10.1. The predicted octanol–water partition coefficient (Wildman–Crippen LogP) is 5.96. The van der Waals surface area contributed by atoms with Crippen LogP contribution in [0, 0.1) is 0 Å². The minimum Gasteiger partial charge on any atom is -0.496 e. The number of fused-ring (bicyclic) bond motifs is 2. The molecular weight excluding hydrogens is 481 g/mol. The number of furan rings is 1. The molecule has 6 aromatic rings. The molecule has 182 valence electrons. The first-order valence-corrected chi connectivity index (χ1v) is 12.0. The van der Waals surface area contributed by atoms with Gasteiger partial charge in [0.1, 0.15) is 40.7 Å². The van der Waals surface area contributed by atoms with Gasteiger partial charge < -0.3 is 13.9 Å². The monoisotopic (exact) mass is 503 g/mol. The lowest BCUT2D eigenvalue weighted by Crippen LogP contribution is -1.97. The molecule has 0 amide bonds. The Morgan fingerprint density at radius 2 is 1.92 bits per heavy atom. The Morgan fingerprint density at radius 3 is 2.69 bits per heavy atom. The van der Waals surface area contributed by atoms with Crippen molar-refractivity contribution < 1.29 is 18.6 Å². The van der Waals surface area contributed by atoms with Gasteiger partial charge in [-0.15, -0.1) is 0 Å². The van der Waals surface area contributed by atoms with E-state index in [1.165, 1.54) is 6.33 Å². The van der Waals surface area contributed by atoms with E-state index in [1.807, 2.05) is 42.6 Å². The van der Waals surface area contributed by atoms with Crippen LogP contribution in [0.25, 0.3) is 38.5 Å². The second kappa shape index (κ2) is 9.74. The third kappa shape index (κ3) is 4.38. The van der Waals surface area contributed by atoms with Gasteiger partial charge in [0.2, 0.25) is 4.96 Å². The highest BCUT2D eigenvalue weighted by molar-refractivity contribution is 7.16. The van der Waals surface area contributed by atoms with Crippen molar-refractivity contribution in [1.29, 1.82) is 0 Å². The van der Waals surface area contributed by atoms with E-state index in [1.54, 1.807) is 35.4 Å². The van der Waals surface area contributed by atoms with Crippen LogP contribution in [0.2, 0.25) is 0 Å². The van der Waals surface area contributed by atoms with Crippen LogP contribution in [0.15, 0.2) is 71.8 Å². The van der Waals surface area contributed by atoms with Gasteiger partial charge in [0.15, 0.2) is 5.76 Å². The summed E-state index contributed by atoms with van der Waals surface area (Å²) < 4.78 is 19.7. The first-order chi connectivity index (χ1) is 17.2. The van der Waals surface area contributed by atoms with Gasteiger partial charge in [-0.1, -0.05) is 36.5 Å². The first kappa shape index (κ1) is 23.4. The molecule has 0 fully saturated rings. The summed E-state index contributed by atoms with van der Waals surface area (Å²) in [7, 11) is 1.63. The topological polar surface area (TPSA) is 87.6 Å². The quantitative estimate of drug-likeness (QED) is 0.265. The molecule has 0 saturated carbocycles. The number of nitrogens with zero attached hydrogens (tertiary/aromatic N) is 5. The van der Waals surface area contributed by atoms with Crippen LogP contribution < -0.4 is 9.47 Å². The van der Waals surface area contributed by atoms with Crippen molar-refractivity contribution >= 4 is 27.3 Å². The molecule has 2 aromatic carbocycles. The Hall–Kier alpha value is -4.31. The Balaban J connectivity index is 0.00000267. The summed E-state index contributed by atoms with van der Waals surface area (Å²) in [5.41, 5.74) is 4.41. The maximum absolute atomic E-state index is 6.25. The van der Waals surface area contributed by atoms with Gasteiger partial charge in [0.05, 0.1) is 18.7 Å². The maximum atomic E-state index is 6.25. The van der Waals surface area contributed by atoms with Crippen LogP contribution in [0.5, 0.6) is 11.5 Å². The summed E-state index contributed by atoms with van der Waals surface area (Å²) in [6, 6.07) is 13.8. The summed E-state index contributed by atoms with van der Waals surface area (Å²) in [4.78, 5) is 13.8. The third-order valence-electron chi connectivity index (χ3n) is 5.66. The zero-order valence-corrected chi connectivity index (χ0v) is 20.4. The zero-order valence-electron chi connectivity index (χ0n) is 19.5. The molecule has 6 rings (SSSR count). The van der Waals surface area contributed by atoms with Gasteiger partial charge in [0, 0.05) is 30.1 Å². The number of methoxy groups -OCH3 is 1. The summed E-state index contributed by atoms with van der Waals surface area (Å²) >= 11 is 1.58. The number of benzene rings is 2. The van der Waals surface area contributed by atoms with Gasteiger partial charge in [0.25, 0.3) is 0 Å². The number of ether oxygens (including phenoxy) is 2. The largest absolute Gasteiger partial charge is 0.496 e. The van der Waals surface area contributed by atoms with Gasteiger partial charge in [-0.3, -0.25) is 4.70 Å². The Labute approximate surface area is 209 Å². The molecule has 0 atom stereocenters. The van der Waals surface area contributed by atoms with Crippen LogP contribution in [-0.2, 0) is 13.0 Å². The van der Waals surface area contributed by atoms with Gasteiger partial charge in [-0.25, -0.2) is 19.5 Å². The molecule has 10 heteroatoms. The normalized spacial score (nSPS) is 11.1. The van der Waals surface area contributed by atoms with Crippen molar-refractivity contribution in [2.45, 2.75) is 20.0 Å². The Kier molecular flexibility index (Phi) is 6.34. The fourth-order valence-electron chi connectivity index (χ4n) is 3.90. The van der Waals surface area contributed by atoms with E-state index in [9.17, 15) is 0 Å². The molecular formula is C26H22FN5O3S. The van der Waals surface area contributed by atoms with Crippen LogP contribution in [0.4, 0.5) is 4.70 Å². The van der Waals surface area contributed by atoms with Crippen LogP contribution >= 0.6 is 11.3 Å². The van der Waals surface area contributed by atoms with Gasteiger partial charge in [-0.05, 0) is 29.7 Å². The van der Waals surface area contributed by atoms with E-state index in [4.69, 9.17) is 18.9 Å². The number of imidazole rings is 1. The molecule has 4 heterocycles. The first-order valence-electron chi connectivity index (χ1n) is 11.1. The molecule has 0 N–H and O–H groups in total. The molecule has 0 saturated heterocycles. The molecule has 8 nitrogen and oxygen atoms in total. The van der Waals surface area contributed by atoms with E-state index in [0.29, 0.717) is 29.4 Å². The van der Waals surface area contributed by atoms with Crippen molar-refractivity contribution in [2.24, 2.45) is 0 Å².